The van der Waals surface area contributed by atoms with Gasteiger partial charge in [-0.05, 0) is 69.0 Å². The third kappa shape index (κ3) is 5.62. The Morgan fingerprint density at radius 1 is 0.903 bits per heavy atom. The van der Waals surface area contributed by atoms with Gasteiger partial charge >= 0.3 is 0 Å². The lowest BCUT2D eigenvalue weighted by Gasteiger charge is -2.33. The lowest BCUT2D eigenvalue weighted by molar-refractivity contribution is 0.0900. The number of hydrogen-bond donors (Lipinski definition) is 1. The van der Waals surface area contributed by atoms with Gasteiger partial charge in [0.2, 0.25) is 0 Å². The highest BCUT2D eigenvalue weighted by molar-refractivity contribution is 5.94. The second kappa shape index (κ2) is 9.49. The van der Waals surface area contributed by atoms with Crippen molar-refractivity contribution in [1.29, 1.82) is 0 Å². The van der Waals surface area contributed by atoms with Crippen LogP contribution in [-0.4, -0.2) is 29.9 Å². The molecule has 0 aliphatic carbocycles. The number of nitrogens with zero attached hydrogens (tertiary/aromatic N) is 1. The zero-order valence-corrected chi connectivity index (χ0v) is 18.8. The van der Waals surface area contributed by atoms with Gasteiger partial charge in [0.1, 0.15) is 0 Å². The SMILES string of the molecule is Cc1cccc(C(=O)NC2CCCN(Cc3ccc(-c4cc(C)cc(C)c4)cc3)C2)c1. The van der Waals surface area contributed by atoms with E-state index in [1.54, 1.807) is 0 Å². The lowest BCUT2D eigenvalue weighted by Crippen LogP contribution is -2.47. The fourth-order valence-corrected chi connectivity index (χ4v) is 4.57. The first-order chi connectivity index (χ1) is 15.0. The van der Waals surface area contributed by atoms with Crippen molar-refractivity contribution in [2.45, 2.75) is 46.2 Å². The van der Waals surface area contributed by atoms with Crippen LogP contribution in [0.5, 0.6) is 0 Å². The van der Waals surface area contributed by atoms with Gasteiger partial charge in [-0.2, -0.15) is 0 Å². The van der Waals surface area contributed by atoms with Crippen LogP contribution in [-0.2, 0) is 6.54 Å². The highest BCUT2D eigenvalue weighted by atomic mass is 16.1. The third-order valence-corrected chi connectivity index (χ3v) is 6.04. The van der Waals surface area contributed by atoms with Gasteiger partial charge in [0.05, 0.1) is 0 Å². The number of aryl methyl sites for hydroxylation is 3. The Labute approximate surface area is 186 Å². The maximum absolute atomic E-state index is 12.6. The molecule has 3 aromatic rings. The molecule has 1 fully saturated rings. The van der Waals surface area contributed by atoms with Crippen molar-refractivity contribution in [3.63, 3.8) is 0 Å². The highest BCUT2D eigenvalue weighted by Gasteiger charge is 2.22. The van der Waals surface area contributed by atoms with Crippen LogP contribution in [0.2, 0.25) is 0 Å². The van der Waals surface area contributed by atoms with Crippen LogP contribution in [0.15, 0.2) is 66.7 Å². The largest absolute Gasteiger partial charge is 0.348 e. The van der Waals surface area contributed by atoms with Crippen molar-refractivity contribution in [2.75, 3.05) is 13.1 Å². The van der Waals surface area contributed by atoms with Gasteiger partial charge in [-0.1, -0.05) is 71.3 Å². The Bertz CT molecular complexity index is 1030. The van der Waals surface area contributed by atoms with Gasteiger partial charge in [-0.25, -0.2) is 0 Å². The molecule has 1 N–H and O–H groups in total. The van der Waals surface area contributed by atoms with E-state index in [9.17, 15) is 4.79 Å². The fraction of sp³-hybridized carbons (Fsp3) is 0.321. The summed E-state index contributed by atoms with van der Waals surface area (Å²) in [5.74, 6) is 0.0355. The molecular formula is C28H32N2O. The van der Waals surface area contributed by atoms with Crippen LogP contribution in [0.3, 0.4) is 0 Å². The predicted octanol–water partition coefficient (Wildman–Crippen LogP) is 5.67. The summed E-state index contributed by atoms with van der Waals surface area (Å²) in [6, 6.07) is 23.6. The zero-order chi connectivity index (χ0) is 21.8. The lowest BCUT2D eigenvalue weighted by atomic mass is 9.99. The molecule has 1 aliphatic heterocycles. The summed E-state index contributed by atoms with van der Waals surface area (Å²) < 4.78 is 0. The Kier molecular flexibility index (Phi) is 6.53. The molecule has 3 nitrogen and oxygen atoms in total. The molecule has 0 radical (unpaired) electrons. The highest BCUT2D eigenvalue weighted by Crippen LogP contribution is 2.23. The van der Waals surface area contributed by atoms with Gasteiger partial charge in [0.25, 0.3) is 5.91 Å². The van der Waals surface area contributed by atoms with Crippen LogP contribution < -0.4 is 5.32 Å². The summed E-state index contributed by atoms with van der Waals surface area (Å²) in [7, 11) is 0. The number of benzene rings is 3. The molecule has 4 rings (SSSR count). The van der Waals surface area contributed by atoms with Crippen LogP contribution in [0, 0.1) is 20.8 Å². The Balaban J connectivity index is 1.36. The smallest absolute Gasteiger partial charge is 0.251 e. The molecule has 0 saturated carbocycles. The van der Waals surface area contributed by atoms with E-state index in [2.05, 4.69) is 66.5 Å². The van der Waals surface area contributed by atoms with Crippen molar-refractivity contribution < 1.29 is 4.79 Å². The van der Waals surface area contributed by atoms with Crippen molar-refractivity contribution in [1.82, 2.24) is 10.2 Å². The quantitative estimate of drug-likeness (QED) is 0.585. The van der Waals surface area contributed by atoms with E-state index in [1.807, 2.05) is 31.2 Å². The van der Waals surface area contributed by atoms with Crippen LogP contribution in [0.25, 0.3) is 11.1 Å². The molecular weight excluding hydrogens is 380 g/mol. The first-order valence-electron chi connectivity index (χ1n) is 11.2. The van der Waals surface area contributed by atoms with Gasteiger partial charge in [0.15, 0.2) is 0 Å². The maximum Gasteiger partial charge on any atom is 0.251 e. The fourth-order valence-electron chi connectivity index (χ4n) is 4.57. The molecule has 1 unspecified atom stereocenters. The average Bonchev–Trinajstić information content (AvgIpc) is 2.74. The number of piperidine rings is 1. The Hall–Kier alpha value is -2.91. The predicted molar refractivity (Wildman–Crippen MR) is 128 cm³/mol. The summed E-state index contributed by atoms with van der Waals surface area (Å²) >= 11 is 0. The molecule has 0 aromatic heterocycles. The normalized spacial score (nSPS) is 16.8. The van der Waals surface area contributed by atoms with E-state index < -0.39 is 0 Å². The number of carbonyl (C=O) groups is 1. The van der Waals surface area contributed by atoms with Gasteiger partial charge in [-0.15, -0.1) is 0 Å². The zero-order valence-electron chi connectivity index (χ0n) is 18.8. The standard InChI is InChI=1S/C28H32N2O/c1-20-6-4-7-25(15-20)28(31)29-27-8-5-13-30(19-27)18-23-9-11-24(12-10-23)26-16-21(2)14-22(3)17-26/h4,6-7,9-12,14-17,27H,5,8,13,18-19H2,1-3H3,(H,29,31). The summed E-state index contributed by atoms with van der Waals surface area (Å²) in [6.45, 7) is 9.21. The molecule has 3 heteroatoms. The number of rotatable bonds is 5. The minimum absolute atomic E-state index is 0.0355. The molecule has 1 amide bonds. The van der Waals surface area contributed by atoms with Crippen molar-refractivity contribution in [2.24, 2.45) is 0 Å². The first kappa shape index (κ1) is 21.3. The summed E-state index contributed by atoms with van der Waals surface area (Å²) in [5, 5.41) is 3.24. The van der Waals surface area contributed by atoms with E-state index in [4.69, 9.17) is 0 Å². The number of hydrogen-bond acceptors (Lipinski definition) is 2. The van der Waals surface area contributed by atoms with Crippen molar-refractivity contribution >= 4 is 5.91 Å². The molecule has 1 aliphatic rings. The molecule has 1 atom stereocenters. The second-order valence-corrected chi connectivity index (χ2v) is 8.99. The van der Waals surface area contributed by atoms with Gasteiger partial charge in [-0.3, -0.25) is 9.69 Å². The van der Waals surface area contributed by atoms with E-state index in [1.165, 1.54) is 27.8 Å². The maximum atomic E-state index is 12.6. The molecule has 1 heterocycles. The number of nitrogens with one attached hydrogen (secondary N) is 1. The molecule has 1 saturated heterocycles. The monoisotopic (exact) mass is 412 g/mol. The van der Waals surface area contributed by atoms with Crippen molar-refractivity contribution in [3.05, 3.63) is 94.5 Å². The van der Waals surface area contributed by atoms with E-state index >= 15 is 0 Å². The Morgan fingerprint density at radius 2 is 1.65 bits per heavy atom. The van der Waals surface area contributed by atoms with Crippen LogP contribution in [0.1, 0.15) is 45.5 Å². The van der Waals surface area contributed by atoms with E-state index in [-0.39, 0.29) is 11.9 Å². The van der Waals surface area contributed by atoms with Crippen LogP contribution in [0.4, 0.5) is 0 Å². The number of carbonyl (C=O) groups excluding carboxylic acids is 1. The van der Waals surface area contributed by atoms with Crippen LogP contribution >= 0.6 is 0 Å². The minimum Gasteiger partial charge on any atom is -0.348 e. The summed E-state index contributed by atoms with van der Waals surface area (Å²) in [6.07, 6.45) is 2.15. The molecule has 0 spiro atoms. The summed E-state index contributed by atoms with van der Waals surface area (Å²) in [4.78, 5) is 15.1. The van der Waals surface area contributed by atoms with Crippen molar-refractivity contribution in [3.8, 4) is 11.1 Å². The van der Waals surface area contributed by atoms with E-state index in [0.717, 1.165) is 43.6 Å². The molecule has 160 valence electrons. The summed E-state index contributed by atoms with van der Waals surface area (Å²) in [5.41, 5.74) is 8.32. The Morgan fingerprint density at radius 3 is 2.35 bits per heavy atom. The number of amides is 1. The third-order valence-electron chi connectivity index (χ3n) is 6.04. The molecule has 0 bridgehead atoms. The molecule has 3 aromatic carbocycles. The topological polar surface area (TPSA) is 32.3 Å². The van der Waals surface area contributed by atoms with Gasteiger partial charge in [0, 0.05) is 24.7 Å². The van der Waals surface area contributed by atoms with E-state index in [0.29, 0.717) is 0 Å². The average molecular weight is 413 g/mol. The number of likely N-dealkylation sites (tertiary alicyclic amines) is 1. The minimum atomic E-state index is 0.0355. The second-order valence-electron chi connectivity index (χ2n) is 8.99. The first-order valence-corrected chi connectivity index (χ1v) is 11.2. The molecule has 31 heavy (non-hydrogen) atoms. The van der Waals surface area contributed by atoms with Gasteiger partial charge < -0.3 is 5.32 Å².